The molecule has 1 aromatic rings. The van der Waals surface area contributed by atoms with Crippen LogP contribution in [-0.2, 0) is 0 Å². The first-order valence-corrected chi connectivity index (χ1v) is 7.10. The van der Waals surface area contributed by atoms with Gasteiger partial charge in [0, 0.05) is 24.7 Å². The Labute approximate surface area is 117 Å². The van der Waals surface area contributed by atoms with E-state index in [0.29, 0.717) is 30.3 Å². The topological polar surface area (TPSA) is 38.5 Å². The molecule has 3 nitrogen and oxygen atoms in total. The van der Waals surface area contributed by atoms with Crippen LogP contribution >= 0.6 is 0 Å². The Bertz CT molecular complexity index is 515. The minimum atomic E-state index is -2.60. The smallest absolute Gasteiger partial charge is 0.265 e. The monoisotopic (exact) mass is 282 g/mol. The van der Waals surface area contributed by atoms with Gasteiger partial charge in [-0.15, -0.1) is 0 Å². The standard InChI is InChI=1S/C15H20F2N2O/c1-20-14-8-13(11(7-12(14)18)10-3-4-10)19-6-2-5-15(16,17)9-19/h7-8,10H,2-6,9,18H2,1H3. The van der Waals surface area contributed by atoms with Crippen molar-refractivity contribution in [2.45, 2.75) is 37.5 Å². The number of anilines is 2. The van der Waals surface area contributed by atoms with Crippen molar-refractivity contribution < 1.29 is 13.5 Å². The Balaban J connectivity index is 1.98. The third-order valence-corrected chi connectivity index (χ3v) is 4.13. The van der Waals surface area contributed by atoms with Crippen LogP contribution in [0.4, 0.5) is 20.2 Å². The first kappa shape index (κ1) is 13.5. The van der Waals surface area contributed by atoms with Gasteiger partial charge in [-0.25, -0.2) is 8.78 Å². The summed E-state index contributed by atoms with van der Waals surface area (Å²) in [5.74, 6) is -1.57. The molecule has 2 N–H and O–H groups in total. The van der Waals surface area contributed by atoms with Gasteiger partial charge in [0.2, 0.25) is 0 Å². The number of nitrogen functional groups attached to an aromatic ring is 1. The van der Waals surface area contributed by atoms with E-state index in [4.69, 9.17) is 10.5 Å². The maximum absolute atomic E-state index is 13.7. The SMILES string of the molecule is COc1cc(N2CCCC(F)(F)C2)c(C2CC2)cc1N. The molecule has 1 aliphatic heterocycles. The Hall–Kier alpha value is -1.52. The average Bonchev–Trinajstić information content (AvgIpc) is 3.21. The molecule has 5 heteroatoms. The molecule has 0 radical (unpaired) electrons. The molecule has 0 bridgehead atoms. The molecule has 3 rings (SSSR count). The normalized spacial score (nSPS) is 21.9. The van der Waals surface area contributed by atoms with Crippen molar-refractivity contribution in [2.75, 3.05) is 30.8 Å². The number of benzene rings is 1. The highest BCUT2D eigenvalue weighted by Gasteiger charge is 2.37. The van der Waals surface area contributed by atoms with Crippen LogP contribution in [0.1, 0.15) is 37.2 Å². The van der Waals surface area contributed by atoms with Crippen molar-refractivity contribution in [1.82, 2.24) is 0 Å². The summed E-state index contributed by atoms with van der Waals surface area (Å²) < 4.78 is 32.5. The minimum Gasteiger partial charge on any atom is -0.495 e. The fourth-order valence-electron chi connectivity index (χ4n) is 2.95. The van der Waals surface area contributed by atoms with Crippen LogP contribution in [0.15, 0.2) is 12.1 Å². The number of nitrogens with two attached hydrogens (primary N) is 1. The molecule has 1 aromatic carbocycles. The molecule has 0 spiro atoms. The zero-order chi connectivity index (χ0) is 14.3. The molecule has 2 fully saturated rings. The Kier molecular flexibility index (Phi) is 3.22. The van der Waals surface area contributed by atoms with Gasteiger partial charge in [0.15, 0.2) is 0 Å². The van der Waals surface area contributed by atoms with Crippen LogP contribution in [0.25, 0.3) is 0 Å². The maximum atomic E-state index is 13.7. The first-order valence-electron chi connectivity index (χ1n) is 7.10. The van der Waals surface area contributed by atoms with Crippen LogP contribution < -0.4 is 15.4 Å². The molecule has 0 unspecified atom stereocenters. The van der Waals surface area contributed by atoms with Gasteiger partial charge in [-0.2, -0.15) is 0 Å². The number of piperidine rings is 1. The largest absolute Gasteiger partial charge is 0.495 e. The summed E-state index contributed by atoms with van der Waals surface area (Å²) >= 11 is 0. The van der Waals surface area contributed by atoms with E-state index in [1.165, 1.54) is 0 Å². The molecular formula is C15H20F2N2O. The number of rotatable bonds is 3. The van der Waals surface area contributed by atoms with Crippen LogP contribution in [0, 0.1) is 0 Å². The molecule has 0 aromatic heterocycles. The maximum Gasteiger partial charge on any atom is 0.265 e. The van der Waals surface area contributed by atoms with Crippen LogP contribution in [0.2, 0.25) is 0 Å². The fourth-order valence-corrected chi connectivity index (χ4v) is 2.95. The highest BCUT2D eigenvalue weighted by molar-refractivity contribution is 5.68. The van der Waals surface area contributed by atoms with E-state index in [1.54, 1.807) is 12.0 Å². The summed E-state index contributed by atoms with van der Waals surface area (Å²) in [6.07, 6.45) is 2.73. The number of hydrogen-bond donors (Lipinski definition) is 1. The lowest BCUT2D eigenvalue weighted by molar-refractivity contribution is -0.0117. The lowest BCUT2D eigenvalue weighted by atomic mass is 10.0. The van der Waals surface area contributed by atoms with Gasteiger partial charge < -0.3 is 15.4 Å². The second kappa shape index (κ2) is 4.79. The van der Waals surface area contributed by atoms with Gasteiger partial charge in [0.1, 0.15) is 5.75 Å². The zero-order valence-electron chi connectivity index (χ0n) is 11.7. The molecule has 1 heterocycles. The summed E-state index contributed by atoms with van der Waals surface area (Å²) in [6.45, 7) is 0.460. The molecule has 1 aliphatic carbocycles. The van der Waals surface area contributed by atoms with Crippen molar-refractivity contribution in [3.63, 3.8) is 0 Å². The van der Waals surface area contributed by atoms with Crippen LogP contribution in [0.3, 0.4) is 0 Å². The quantitative estimate of drug-likeness (QED) is 0.864. The van der Waals surface area contributed by atoms with Crippen molar-refractivity contribution >= 4 is 11.4 Å². The van der Waals surface area contributed by atoms with E-state index >= 15 is 0 Å². The van der Waals surface area contributed by atoms with E-state index < -0.39 is 5.92 Å². The predicted octanol–water partition coefficient (Wildman–Crippen LogP) is 3.39. The van der Waals surface area contributed by atoms with Crippen LogP contribution in [0.5, 0.6) is 5.75 Å². The number of ether oxygens (including phenoxy) is 1. The highest BCUT2D eigenvalue weighted by Crippen LogP contribution is 2.48. The number of hydrogen-bond acceptors (Lipinski definition) is 3. The molecular weight excluding hydrogens is 262 g/mol. The number of alkyl halides is 2. The highest BCUT2D eigenvalue weighted by atomic mass is 19.3. The summed E-state index contributed by atoms with van der Waals surface area (Å²) in [5, 5.41) is 0. The second-order valence-electron chi connectivity index (χ2n) is 5.81. The molecule has 110 valence electrons. The van der Waals surface area contributed by atoms with Crippen LogP contribution in [-0.4, -0.2) is 26.1 Å². The Morgan fingerprint density at radius 1 is 1.35 bits per heavy atom. The van der Waals surface area contributed by atoms with Gasteiger partial charge in [0.25, 0.3) is 5.92 Å². The van der Waals surface area contributed by atoms with Crippen molar-refractivity contribution in [1.29, 1.82) is 0 Å². The molecule has 0 amide bonds. The molecule has 0 atom stereocenters. The third kappa shape index (κ3) is 2.53. The Morgan fingerprint density at radius 3 is 2.70 bits per heavy atom. The van der Waals surface area contributed by atoms with E-state index in [-0.39, 0.29) is 13.0 Å². The molecule has 1 saturated heterocycles. The van der Waals surface area contributed by atoms with Crippen molar-refractivity contribution in [3.8, 4) is 5.75 Å². The summed E-state index contributed by atoms with van der Waals surface area (Å²) in [5.41, 5.74) is 8.51. The lowest BCUT2D eigenvalue weighted by Crippen LogP contribution is -2.43. The van der Waals surface area contributed by atoms with E-state index in [2.05, 4.69) is 0 Å². The third-order valence-electron chi connectivity index (χ3n) is 4.13. The van der Waals surface area contributed by atoms with Gasteiger partial charge in [-0.05, 0) is 36.8 Å². The second-order valence-corrected chi connectivity index (χ2v) is 5.81. The van der Waals surface area contributed by atoms with E-state index in [9.17, 15) is 8.78 Å². The summed E-state index contributed by atoms with van der Waals surface area (Å²) in [4.78, 5) is 1.79. The Morgan fingerprint density at radius 2 is 2.10 bits per heavy atom. The first-order chi connectivity index (χ1) is 9.50. The van der Waals surface area contributed by atoms with Gasteiger partial charge >= 0.3 is 0 Å². The number of halogens is 2. The zero-order valence-corrected chi connectivity index (χ0v) is 11.7. The number of nitrogens with zero attached hydrogens (tertiary/aromatic N) is 1. The molecule has 20 heavy (non-hydrogen) atoms. The number of methoxy groups -OCH3 is 1. The summed E-state index contributed by atoms with van der Waals surface area (Å²) in [7, 11) is 1.55. The molecule has 1 saturated carbocycles. The van der Waals surface area contributed by atoms with Gasteiger partial charge in [0.05, 0.1) is 19.3 Å². The van der Waals surface area contributed by atoms with Crippen molar-refractivity contribution in [2.24, 2.45) is 0 Å². The van der Waals surface area contributed by atoms with Crippen molar-refractivity contribution in [3.05, 3.63) is 17.7 Å². The lowest BCUT2D eigenvalue weighted by Gasteiger charge is -2.35. The van der Waals surface area contributed by atoms with E-state index in [0.717, 1.165) is 24.1 Å². The predicted molar refractivity (Wildman–Crippen MR) is 75.8 cm³/mol. The van der Waals surface area contributed by atoms with Gasteiger partial charge in [-0.1, -0.05) is 0 Å². The fraction of sp³-hybridized carbons (Fsp3) is 0.600. The van der Waals surface area contributed by atoms with Gasteiger partial charge in [-0.3, -0.25) is 0 Å². The molecule has 2 aliphatic rings. The minimum absolute atomic E-state index is 0.0195. The average molecular weight is 282 g/mol. The van der Waals surface area contributed by atoms with E-state index in [1.807, 2.05) is 12.1 Å². The summed E-state index contributed by atoms with van der Waals surface area (Å²) in [6, 6.07) is 3.73.